The lowest BCUT2D eigenvalue weighted by molar-refractivity contribution is 0.268. The van der Waals surface area contributed by atoms with Crippen LogP contribution in [0.15, 0.2) is 12.2 Å². The van der Waals surface area contributed by atoms with Crippen molar-refractivity contribution in [3.05, 3.63) is 12.2 Å². The van der Waals surface area contributed by atoms with Gasteiger partial charge in [0.15, 0.2) is 0 Å². The summed E-state index contributed by atoms with van der Waals surface area (Å²) in [6.45, 7) is 13.4. The number of rotatable bonds is 7. The van der Waals surface area contributed by atoms with Gasteiger partial charge in [0.2, 0.25) is 0 Å². The van der Waals surface area contributed by atoms with Crippen LogP contribution in [0.25, 0.3) is 0 Å². The number of hydrogen-bond acceptors (Lipinski definition) is 2. The highest BCUT2D eigenvalue weighted by Crippen LogP contribution is 2.44. The maximum Gasteiger partial charge on any atom is 0.0133 e. The van der Waals surface area contributed by atoms with E-state index in [-0.39, 0.29) is 0 Å². The molecule has 0 fully saturated rings. The predicted molar refractivity (Wildman–Crippen MR) is 73.0 cm³/mol. The molecular weight excluding hydrogens is 208 g/mol. The molecule has 0 spiro atoms. The van der Waals surface area contributed by atoms with Gasteiger partial charge in [0.05, 0.1) is 0 Å². The molecule has 1 unspecified atom stereocenters. The smallest absolute Gasteiger partial charge is 0.0133 e. The Labute approximate surface area is 97.7 Å². The molecule has 0 aromatic carbocycles. The Morgan fingerprint density at radius 2 is 1.93 bits per heavy atom. The first kappa shape index (κ1) is 14.4. The van der Waals surface area contributed by atoms with Gasteiger partial charge in [-0.25, -0.2) is 0 Å². The fourth-order valence-electron chi connectivity index (χ4n) is 1.95. The highest BCUT2D eigenvalue weighted by atomic mass is 33.1. The second-order valence-electron chi connectivity index (χ2n) is 4.05. The largest absolute Gasteiger partial charge is 0.0993 e. The lowest BCUT2D eigenvalue weighted by atomic mass is 9.70. The average molecular weight is 232 g/mol. The van der Waals surface area contributed by atoms with Gasteiger partial charge in [0.1, 0.15) is 0 Å². The second-order valence-corrected chi connectivity index (χ2v) is 6.62. The average Bonchev–Trinajstić information content (AvgIpc) is 2.18. The van der Waals surface area contributed by atoms with Gasteiger partial charge in [-0.3, -0.25) is 0 Å². The third-order valence-electron chi connectivity index (χ3n) is 3.30. The van der Waals surface area contributed by atoms with Gasteiger partial charge < -0.3 is 0 Å². The Bertz CT molecular complexity index is 175. The molecule has 0 rings (SSSR count). The van der Waals surface area contributed by atoms with Crippen molar-refractivity contribution in [3.63, 3.8) is 0 Å². The van der Waals surface area contributed by atoms with E-state index in [1.807, 2.05) is 21.6 Å². The van der Waals surface area contributed by atoms with Crippen LogP contribution in [0.5, 0.6) is 0 Å². The van der Waals surface area contributed by atoms with Crippen LogP contribution < -0.4 is 0 Å². The summed E-state index contributed by atoms with van der Waals surface area (Å²) in [6, 6.07) is 0. The predicted octanol–water partition coefficient (Wildman–Crippen LogP) is 5.02. The molecule has 0 heterocycles. The first-order chi connectivity index (χ1) is 6.55. The van der Waals surface area contributed by atoms with Crippen molar-refractivity contribution < 1.29 is 0 Å². The van der Waals surface area contributed by atoms with Crippen LogP contribution in [0.3, 0.4) is 0 Å². The summed E-state index contributed by atoms with van der Waals surface area (Å²) in [7, 11) is 3.83. The fraction of sp³-hybridized carbons (Fsp3) is 0.833. The summed E-state index contributed by atoms with van der Waals surface area (Å²) in [5.41, 5.74) is 1.78. The number of allylic oxidation sites excluding steroid dienone is 1. The van der Waals surface area contributed by atoms with Crippen LogP contribution in [0.2, 0.25) is 0 Å². The van der Waals surface area contributed by atoms with E-state index >= 15 is 0 Å². The highest BCUT2D eigenvalue weighted by molar-refractivity contribution is 8.76. The van der Waals surface area contributed by atoms with Gasteiger partial charge in [-0.2, -0.15) is 0 Å². The summed E-state index contributed by atoms with van der Waals surface area (Å²) < 4.78 is 0. The second kappa shape index (κ2) is 6.84. The van der Waals surface area contributed by atoms with Crippen molar-refractivity contribution in [1.29, 1.82) is 0 Å². The fourth-order valence-corrected chi connectivity index (χ4v) is 4.01. The molecule has 0 amide bonds. The van der Waals surface area contributed by atoms with Gasteiger partial charge in [0, 0.05) is 11.2 Å². The van der Waals surface area contributed by atoms with E-state index in [0.29, 0.717) is 11.3 Å². The monoisotopic (exact) mass is 232 g/mol. The van der Waals surface area contributed by atoms with Crippen LogP contribution in [-0.4, -0.2) is 12.0 Å². The Hall–Kier alpha value is 0.440. The Kier molecular flexibility index (Phi) is 7.05. The van der Waals surface area contributed by atoms with Crippen molar-refractivity contribution in [2.24, 2.45) is 11.3 Å². The molecule has 2 heteroatoms. The minimum absolute atomic E-state index is 0.350. The summed E-state index contributed by atoms with van der Waals surface area (Å²) >= 11 is 0. The third kappa shape index (κ3) is 3.23. The molecule has 0 aliphatic carbocycles. The Morgan fingerprint density at radius 3 is 2.21 bits per heavy atom. The maximum atomic E-state index is 4.27. The molecule has 0 bridgehead atoms. The molecule has 0 radical (unpaired) electrons. The van der Waals surface area contributed by atoms with E-state index in [2.05, 4.69) is 40.5 Å². The zero-order chi connectivity index (χ0) is 11.2. The molecule has 0 aliphatic heterocycles. The van der Waals surface area contributed by atoms with E-state index in [9.17, 15) is 0 Å². The molecular formula is C12H24S2. The standard InChI is InChI=1S/C12H24S2/c1-7-11(5)12(8-2,10(3)4)9-14-13-6/h10H,5,7-9H2,1-4,6H3. The van der Waals surface area contributed by atoms with E-state index in [1.54, 1.807) is 0 Å². The van der Waals surface area contributed by atoms with Crippen molar-refractivity contribution in [1.82, 2.24) is 0 Å². The lowest BCUT2D eigenvalue weighted by Gasteiger charge is -2.38. The van der Waals surface area contributed by atoms with E-state index in [1.165, 1.54) is 17.7 Å². The van der Waals surface area contributed by atoms with Gasteiger partial charge in [-0.15, -0.1) is 0 Å². The molecule has 0 saturated heterocycles. The number of hydrogen-bond donors (Lipinski definition) is 0. The summed E-state index contributed by atoms with van der Waals surface area (Å²) in [5, 5.41) is 0. The van der Waals surface area contributed by atoms with E-state index in [0.717, 1.165) is 6.42 Å². The van der Waals surface area contributed by atoms with Crippen LogP contribution in [-0.2, 0) is 0 Å². The first-order valence-corrected chi connectivity index (χ1v) is 8.11. The van der Waals surface area contributed by atoms with Gasteiger partial charge >= 0.3 is 0 Å². The van der Waals surface area contributed by atoms with Gasteiger partial charge in [-0.05, 0) is 25.0 Å². The third-order valence-corrected chi connectivity index (χ3v) is 5.23. The molecule has 0 aliphatic rings. The van der Waals surface area contributed by atoms with Crippen LogP contribution in [0, 0.1) is 11.3 Å². The highest BCUT2D eigenvalue weighted by Gasteiger charge is 2.33. The molecule has 84 valence electrons. The lowest BCUT2D eigenvalue weighted by Crippen LogP contribution is -2.31. The minimum Gasteiger partial charge on any atom is -0.0993 e. The molecule has 0 saturated carbocycles. The molecule has 0 aromatic heterocycles. The van der Waals surface area contributed by atoms with Crippen LogP contribution in [0.4, 0.5) is 0 Å². The topological polar surface area (TPSA) is 0 Å². The van der Waals surface area contributed by atoms with Crippen LogP contribution in [0.1, 0.15) is 40.5 Å². The molecule has 1 atom stereocenters. The van der Waals surface area contributed by atoms with Gasteiger partial charge in [-0.1, -0.05) is 61.4 Å². The molecule has 0 nitrogen and oxygen atoms in total. The van der Waals surface area contributed by atoms with Crippen molar-refractivity contribution in [3.8, 4) is 0 Å². The van der Waals surface area contributed by atoms with Gasteiger partial charge in [0.25, 0.3) is 0 Å². The quantitative estimate of drug-likeness (QED) is 0.447. The SMILES string of the molecule is C=C(CC)C(CC)(CSSC)C(C)C. The van der Waals surface area contributed by atoms with Crippen LogP contribution >= 0.6 is 21.6 Å². The molecule has 0 N–H and O–H groups in total. The molecule has 0 aromatic rings. The maximum absolute atomic E-state index is 4.27. The van der Waals surface area contributed by atoms with E-state index < -0.39 is 0 Å². The Balaban J connectivity index is 4.69. The minimum atomic E-state index is 0.350. The zero-order valence-electron chi connectivity index (χ0n) is 10.2. The normalized spacial score (nSPS) is 15.6. The molecule has 14 heavy (non-hydrogen) atoms. The van der Waals surface area contributed by atoms with E-state index in [4.69, 9.17) is 0 Å². The summed E-state index contributed by atoms with van der Waals surface area (Å²) in [4.78, 5) is 0. The van der Waals surface area contributed by atoms with Crippen molar-refractivity contribution >= 4 is 21.6 Å². The zero-order valence-corrected chi connectivity index (χ0v) is 11.9. The summed E-state index contributed by atoms with van der Waals surface area (Å²) in [5.74, 6) is 1.90. The summed E-state index contributed by atoms with van der Waals surface area (Å²) in [6.07, 6.45) is 4.48. The van der Waals surface area contributed by atoms with Crippen molar-refractivity contribution in [2.75, 3.05) is 12.0 Å². The first-order valence-electron chi connectivity index (χ1n) is 5.39. The Morgan fingerprint density at radius 1 is 1.36 bits per heavy atom. The van der Waals surface area contributed by atoms with Crippen molar-refractivity contribution in [2.45, 2.75) is 40.5 Å².